The summed E-state index contributed by atoms with van der Waals surface area (Å²) in [7, 11) is 3.87. The second-order valence-electron chi connectivity index (χ2n) is 5.29. The van der Waals surface area contributed by atoms with Crippen LogP contribution in [-0.2, 0) is 4.79 Å². The first kappa shape index (κ1) is 15.8. The van der Waals surface area contributed by atoms with Crippen LogP contribution in [-0.4, -0.2) is 66.7 Å². The van der Waals surface area contributed by atoms with E-state index in [1.807, 2.05) is 19.0 Å². The lowest BCUT2D eigenvalue weighted by Gasteiger charge is -2.31. The predicted octanol–water partition coefficient (Wildman–Crippen LogP) is 0.977. The highest BCUT2D eigenvalue weighted by molar-refractivity contribution is 5.82. The third-order valence-corrected chi connectivity index (χ3v) is 3.38. The van der Waals surface area contributed by atoms with Crippen LogP contribution in [0, 0.1) is 0 Å². The molecule has 0 bridgehead atoms. The average Bonchev–Trinajstić information content (AvgIpc) is 2.27. The molecule has 1 saturated heterocycles. The molecule has 0 aromatic rings. The molecule has 6 heteroatoms. The topological polar surface area (TPSA) is 72.9 Å². The molecule has 1 fully saturated rings. The number of hydrogen-bond donors (Lipinski definition) is 2. The van der Waals surface area contributed by atoms with Crippen LogP contribution in [0.2, 0.25) is 0 Å². The van der Waals surface area contributed by atoms with Gasteiger partial charge in [0.05, 0.1) is 0 Å². The smallest absolute Gasteiger partial charge is 0.326 e. The van der Waals surface area contributed by atoms with Crippen molar-refractivity contribution in [1.82, 2.24) is 15.1 Å². The maximum Gasteiger partial charge on any atom is 0.326 e. The molecular weight excluding hydrogens is 246 g/mol. The van der Waals surface area contributed by atoms with E-state index in [1.54, 1.807) is 0 Å². The van der Waals surface area contributed by atoms with E-state index in [-0.39, 0.29) is 6.03 Å². The highest BCUT2D eigenvalue weighted by Crippen LogP contribution is 2.17. The number of aliphatic carboxylic acids is 1. The second-order valence-corrected chi connectivity index (χ2v) is 5.29. The summed E-state index contributed by atoms with van der Waals surface area (Å²) in [6.07, 6.45) is 4.42. The summed E-state index contributed by atoms with van der Waals surface area (Å²) in [5, 5.41) is 12.1. The van der Waals surface area contributed by atoms with E-state index in [2.05, 4.69) is 5.32 Å². The van der Waals surface area contributed by atoms with Crippen molar-refractivity contribution in [2.75, 3.05) is 33.7 Å². The van der Waals surface area contributed by atoms with Crippen molar-refractivity contribution in [2.45, 2.75) is 38.1 Å². The van der Waals surface area contributed by atoms with E-state index in [0.29, 0.717) is 19.5 Å². The van der Waals surface area contributed by atoms with Gasteiger partial charge in [-0.25, -0.2) is 9.59 Å². The Morgan fingerprint density at radius 2 is 1.95 bits per heavy atom. The number of carbonyl (C=O) groups excluding carboxylic acids is 1. The van der Waals surface area contributed by atoms with E-state index < -0.39 is 12.0 Å². The minimum Gasteiger partial charge on any atom is -0.480 e. The number of carbonyl (C=O) groups is 2. The minimum absolute atomic E-state index is 0.254. The van der Waals surface area contributed by atoms with Gasteiger partial charge in [-0.1, -0.05) is 19.3 Å². The maximum absolute atomic E-state index is 12.1. The standard InChI is InChI=1S/C13H25N3O3/c1-15(2)10-8-14-13(19)16-9-6-4-3-5-7-11(16)12(17)18/h11H,3-10H2,1-2H3,(H,14,19)(H,17,18). The van der Waals surface area contributed by atoms with E-state index in [1.165, 1.54) is 4.90 Å². The number of urea groups is 1. The van der Waals surface area contributed by atoms with Crippen LogP contribution in [0.4, 0.5) is 4.79 Å². The van der Waals surface area contributed by atoms with E-state index in [0.717, 1.165) is 32.2 Å². The summed E-state index contributed by atoms with van der Waals surface area (Å²) in [6, 6.07) is -0.934. The number of likely N-dealkylation sites (N-methyl/N-ethyl adjacent to an activating group) is 1. The van der Waals surface area contributed by atoms with Gasteiger partial charge in [-0.3, -0.25) is 0 Å². The Labute approximate surface area is 114 Å². The highest BCUT2D eigenvalue weighted by atomic mass is 16.4. The zero-order valence-electron chi connectivity index (χ0n) is 11.9. The third-order valence-electron chi connectivity index (χ3n) is 3.38. The number of amides is 2. The van der Waals surface area contributed by atoms with E-state index in [9.17, 15) is 14.7 Å². The fourth-order valence-electron chi connectivity index (χ4n) is 2.27. The normalized spacial score (nSPS) is 20.8. The van der Waals surface area contributed by atoms with Crippen LogP contribution in [0.5, 0.6) is 0 Å². The summed E-state index contributed by atoms with van der Waals surface area (Å²) in [6.45, 7) is 1.82. The molecule has 0 aliphatic carbocycles. The first-order valence-electron chi connectivity index (χ1n) is 6.94. The Hall–Kier alpha value is -1.30. The van der Waals surface area contributed by atoms with Gasteiger partial charge in [-0.05, 0) is 26.9 Å². The summed E-state index contributed by atoms with van der Waals surface area (Å²) in [5.41, 5.74) is 0. The van der Waals surface area contributed by atoms with Gasteiger partial charge in [0.1, 0.15) is 6.04 Å². The molecule has 1 unspecified atom stereocenters. The average molecular weight is 271 g/mol. The molecule has 0 radical (unpaired) electrons. The summed E-state index contributed by atoms with van der Waals surface area (Å²) in [5.74, 6) is -0.898. The lowest BCUT2D eigenvalue weighted by atomic mass is 10.0. The molecule has 2 N–H and O–H groups in total. The number of nitrogens with one attached hydrogen (secondary N) is 1. The molecule has 19 heavy (non-hydrogen) atoms. The fraction of sp³-hybridized carbons (Fsp3) is 0.846. The van der Waals surface area contributed by atoms with Crippen LogP contribution < -0.4 is 5.32 Å². The van der Waals surface area contributed by atoms with Gasteiger partial charge in [0.15, 0.2) is 0 Å². The Kier molecular flexibility index (Phi) is 6.62. The van der Waals surface area contributed by atoms with E-state index >= 15 is 0 Å². The summed E-state index contributed by atoms with van der Waals surface area (Å²) >= 11 is 0. The maximum atomic E-state index is 12.1. The highest BCUT2D eigenvalue weighted by Gasteiger charge is 2.29. The van der Waals surface area contributed by atoms with Crippen molar-refractivity contribution in [1.29, 1.82) is 0 Å². The van der Waals surface area contributed by atoms with Crippen molar-refractivity contribution in [3.05, 3.63) is 0 Å². The lowest BCUT2D eigenvalue weighted by Crippen LogP contribution is -2.51. The second kappa shape index (κ2) is 7.99. The van der Waals surface area contributed by atoms with Gasteiger partial charge in [0, 0.05) is 19.6 Å². The zero-order valence-corrected chi connectivity index (χ0v) is 11.9. The van der Waals surface area contributed by atoms with Crippen molar-refractivity contribution >= 4 is 12.0 Å². The van der Waals surface area contributed by atoms with Gasteiger partial charge >= 0.3 is 12.0 Å². The van der Waals surface area contributed by atoms with Gasteiger partial charge in [-0.2, -0.15) is 0 Å². The molecule has 0 aromatic carbocycles. The van der Waals surface area contributed by atoms with Crippen molar-refractivity contribution in [3.63, 3.8) is 0 Å². The zero-order chi connectivity index (χ0) is 14.3. The van der Waals surface area contributed by atoms with Crippen molar-refractivity contribution in [3.8, 4) is 0 Å². The SMILES string of the molecule is CN(C)CCNC(=O)N1CCCCCCC1C(=O)O. The Balaban J connectivity index is 2.56. The number of carboxylic acid groups (broad SMARTS) is 1. The summed E-state index contributed by atoms with van der Waals surface area (Å²) in [4.78, 5) is 26.8. The van der Waals surface area contributed by atoms with Gasteiger partial charge in [0.25, 0.3) is 0 Å². The number of hydrogen-bond acceptors (Lipinski definition) is 3. The molecular formula is C13H25N3O3. The molecule has 1 aliphatic heterocycles. The molecule has 1 rings (SSSR count). The first-order valence-corrected chi connectivity index (χ1v) is 6.94. The number of nitrogens with zero attached hydrogens (tertiary/aromatic N) is 2. The molecule has 0 spiro atoms. The van der Waals surface area contributed by atoms with Crippen LogP contribution in [0.3, 0.4) is 0 Å². The third kappa shape index (κ3) is 5.46. The van der Waals surface area contributed by atoms with Crippen molar-refractivity contribution in [2.24, 2.45) is 0 Å². The lowest BCUT2D eigenvalue weighted by molar-refractivity contribution is -0.142. The van der Waals surface area contributed by atoms with Crippen molar-refractivity contribution < 1.29 is 14.7 Å². The molecule has 1 heterocycles. The Morgan fingerprint density at radius 3 is 2.58 bits per heavy atom. The van der Waals surface area contributed by atoms with Gasteiger partial charge in [-0.15, -0.1) is 0 Å². The molecule has 110 valence electrons. The fourth-order valence-corrected chi connectivity index (χ4v) is 2.27. The molecule has 1 aliphatic rings. The minimum atomic E-state index is -0.898. The van der Waals surface area contributed by atoms with Crippen LogP contribution in [0.1, 0.15) is 32.1 Å². The van der Waals surface area contributed by atoms with E-state index in [4.69, 9.17) is 0 Å². The molecule has 0 aromatic heterocycles. The van der Waals surface area contributed by atoms with Crippen LogP contribution in [0.15, 0.2) is 0 Å². The Morgan fingerprint density at radius 1 is 1.26 bits per heavy atom. The first-order chi connectivity index (χ1) is 9.02. The van der Waals surface area contributed by atoms with Crippen LogP contribution in [0.25, 0.3) is 0 Å². The van der Waals surface area contributed by atoms with Crippen LogP contribution >= 0.6 is 0 Å². The largest absolute Gasteiger partial charge is 0.480 e. The molecule has 6 nitrogen and oxygen atoms in total. The Bertz CT molecular complexity index is 308. The quantitative estimate of drug-likeness (QED) is 0.799. The van der Waals surface area contributed by atoms with Gasteiger partial charge in [0.2, 0.25) is 0 Å². The summed E-state index contributed by atoms with van der Waals surface area (Å²) < 4.78 is 0. The molecule has 0 saturated carbocycles. The number of likely N-dealkylation sites (tertiary alicyclic amines) is 1. The number of carboxylic acids is 1. The molecule has 2 amide bonds. The van der Waals surface area contributed by atoms with Gasteiger partial charge < -0.3 is 20.2 Å². The predicted molar refractivity (Wildman–Crippen MR) is 73.2 cm³/mol. The monoisotopic (exact) mass is 271 g/mol. The number of rotatable bonds is 4. The molecule has 1 atom stereocenters.